The first-order chi connectivity index (χ1) is 8.22. The van der Waals surface area contributed by atoms with E-state index >= 15 is 0 Å². The average molecular weight is 237 g/mol. The summed E-state index contributed by atoms with van der Waals surface area (Å²) in [4.78, 5) is 2.22. The Morgan fingerprint density at radius 3 is 2.76 bits per heavy atom. The molecule has 1 aliphatic rings. The summed E-state index contributed by atoms with van der Waals surface area (Å²) in [5.41, 5.74) is 1.10. The van der Waals surface area contributed by atoms with Gasteiger partial charge in [0, 0.05) is 25.2 Å². The van der Waals surface area contributed by atoms with Crippen molar-refractivity contribution in [1.82, 2.24) is 4.90 Å². The van der Waals surface area contributed by atoms with Crippen molar-refractivity contribution in [3.8, 4) is 11.5 Å². The zero-order chi connectivity index (χ0) is 12.3. The summed E-state index contributed by atoms with van der Waals surface area (Å²) in [5.74, 6) is 1.70. The van der Waals surface area contributed by atoms with E-state index in [-0.39, 0.29) is 6.10 Å². The summed E-state index contributed by atoms with van der Waals surface area (Å²) in [6.07, 6.45) is 0.665. The normalized spacial score (nSPS) is 20.5. The zero-order valence-electron chi connectivity index (χ0n) is 10.3. The third kappa shape index (κ3) is 2.90. The van der Waals surface area contributed by atoms with Gasteiger partial charge < -0.3 is 14.6 Å². The van der Waals surface area contributed by atoms with Gasteiger partial charge in [-0.3, -0.25) is 4.90 Å². The molecule has 0 aliphatic carbocycles. The van der Waals surface area contributed by atoms with E-state index in [2.05, 4.69) is 4.90 Å². The molecule has 2 rings (SSSR count). The van der Waals surface area contributed by atoms with Crippen LogP contribution in [0.3, 0.4) is 0 Å². The topological polar surface area (TPSA) is 41.9 Å². The Kier molecular flexibility index (Phi) is 3.86. The van der Waals surface area contributed by atoms with Gasteiger partial charge in [-0.1, -0.05) is 0 Å². The van der Waals surface area contributed by atoms with Crippen LogP contribution >= 0.6 is 0 Å². The van der Waals surface area contributed by atoms with Crippen molar-refractivity contribution in [3.05, 3.63) is 23.8 Å². The van der Waals surface area contributed by atoms with Crippen molar-refractivity contribution >= 4 is 0 Å². The standard InChI is InChI=1S/C13H19NO3/c1-16-12-3-4-13(17-2)10(7-12)8-14-6-5-11(15)9-14/h3-4,7,11,15H,5-6,8-9H2,1-2H3/t11-/m0/s1. The van der Waals surface area contributed by atoms with Crippen LogP contribution in [0.5, 0.6) is 11.5 Å². The van der Waals surface area contributed by atoms with Crippen LogP contribution in [0.25, 0.3) is 0 Å². The predicted octanol–water partition coefficient (Wildman–Crippen LogP) is 1.27. The number of likely N-dealkylation sites (tertiary alicyclic amines) is 1. The number of rotatable bonds is 4. The number of ether oxygens (including phenoxy) is 2. The van der Waals surface area contributed by atoms with E-state index in [0.717, 1.165) is 43.1 Å². The number of hydrogen-bond donors (Lipinski definition) is 1. The minimum absolute atomic E-state index is 0.188. The second-order valence-corrected chi connectivity index (χ2v) is 4.36. The third-order valence-electron chi connectivity index (χ3n) is 3.13. The summed E-state index contributed by atoms with van der Waals surface area (Å²) >= 11 is 0. The Morgan fingerprint density at radius 2 is 2.18 bits per heavy atom. The molecule has 94 valence electrons. The quantitative estimate of drug-likeness (QED) is 0.856. The Morgan fingerprint density at radius 1 is 1.35 bits per heavy atom. The van der Waals surface area contributed by atoms with Crippen LogP contribution in [0.4, 0.5) is 0 Å². The van der Waals surface area contributed by atoms with Gasteiger partial charge in [-0.15, -0.1) is 0 Å². The van der Waals surface area contributed by atoms with Gasteiger partial charge in [0.1, 0.15) is 11.5 Å². The molecule has 0 spiro atoms. The number of methoxy groups -OCH3 is 2. The second-order valence-electron chi connectivity index (χ2n) is 4.36. The van der Waals surface area contributed by atoms with Crippen molar-refractivity contribution in [2.75, 3.05) is 27.3 Å². The molecule has 0 saturated carbocycles. The third-order valence-corrected chi connectivity index (χ3v) is 3.13. The van der Waals surface area contributed by atoms with E-state index in [0.29, 0.717) is 0 Å². The molecule has 1 aliphatic heterocycles. The maximum Gasteiger partial charge on any atom is 0.123 e. The van der Waals surface area contributed by atoms with Crippen molar-refractivity contribution in [2.24, 2.45) is 0 Å². The lowest BCUT2D eigenvalue weighted by Gasteiger charge is -2.17. The average Bonchev–Trinajstić information content (AvgIpc) is 2.74. The van der Waals surface area contributed by atoms with E-state index in [1.165, 1.54) is 0 Å². The summed E-state index contributed by atoms with van der Waals surface area (Å²) in [6, 6.07) is 5.80. The highest BCUT2D eigenvalue weighted by atomic mass is 16.5. The fraction of sp³-hybridized carbons (Fsp3) is 0.538. The molecule has 1 atom stereocenters. The molecule has 0 bridgehead atoms. The molecule has 1 N–H and O–H groups in total. The maximum absolute atomic E-state index is 9.51. The highest BCUT2D eigenvalue weighted by Crippen LogP contribution is 2.26. The molecule has 17 heavy (non-hydrogen) atoms. The lowest BCUT2D eigenvalue weighted by molar-refractivity contribution is 0.174. The first-order valence-electron chi connectivity index (χ1n) is 5.84. The largest absolute Gasteiger partial charge is 0.497 e. The lowest BCUT2D eigenvalue weighted by atomic mass is 10.1. The minimum atomic E-state index is -0.188. The van der Waals surface area contributed by atoms with Crippen molar-refractivity contribution in [1.29, 1.82) is 0 Å². The molecular weight excluding hydrogens is 218 g/mol. The van der Waals surface area contributed by atoms with Gasteiger partial charge in [0.2, 0.25) is 0 Å². The number of hydrogen-bond acceptors (Lipinski definition) is 4. The molecule has 4 heteroatoms. The van der Waals surface area contributed by atoms with Crippen molar-refractivity contribution in [3.63, 3.8) is 0 Å². The smallest absolute Gasteiger partial charge is 0.123 e. The van der Waals surface area contributed by atoms with E-state index < -0.39 is 0 Å². The number of aliphatic hydroxyl groups excluding tert-OH is 1. The highest BCUT2D eigenvalue weighted by Gasteiger charge is 2.21. The highest BCUT2D eigenvalue weighted by molar-refractivity contribution is 5.40. The summed E-state index contributed by atoms with van der Waals surface area (Å²) < 4.78 is 10.6. The van der Waals surface area contributed by atoms with Gasteiger partial charge >= 0.3 is 0 Å². The van der Waals surface area contributed by atoms with Gasteiger partial charge in [-0.2, -0.15) is 0 Å². The molecule has 0 radical (unpaired) electrons. The number of nitrogens with zero attached hydrogens (tertiary/aromatic N) is 1. The van der Waals surface area contributed by atoms with Crippen LogP contribution in [0.1, 0.15) is 12.0 Å². The predicted molar refractivity (Wildman–Crippen MR) is 65.4 cm³/mol. The molecule has 0 unspecified atom stereocenters. The SMILES string of the molecule is COc1ccc(OC)c(CN2CC[C@H](O)C2)c1. The Balaban J connectivity index is 2.12. The molecule has 1 fully saturated rings. The number of β-amino-alcohol motifs (C(OH)–C–C–N with tert-alkyl or cyclic N) is 1. The fourth-order valence-corrected chi connectivity index (χ4v) is 2.20. The van der Waals surface area contributed by atoms with Crippen LogP contribution < -0.4 is 9.47 Å². The lowest BCUT2D eigenvalue weighted by Crippen LogP contribution is -2.21. The van der Waals surface area contributed by atoms with Gasteiger partial charge in [-0.05, 0) is 24.6 Å². The summed E-state index contributed by atoms with van der Waals surface area (Å²) in [6.45, 7) is 2.46. The first-order valence-corrected chi connectivity index (χ1v) is 5.84. The van der Waals surface area contributed by atoms with Crippen molar-refractivity contribution < 1.29 is 14.6 Å². The van der Waals surface area contributed by atoms with E-state index in [1.54, 1.807) is 14.2 Å². The van der Waals surface area contributed by atoms with E-state index in [1.807, 2.05) is 18.2 Å². The summed E-state index contributed by atoms with van der Waals surface area (Å²) in [5, 5.41) is 9.51. The second kappa shape index (κ2) is 5.38. The van der Waals surface area contributed by atoms with Gasteiger partial charge in [-0.25, -0.2) is 0 Å². The first kappa shape index (κ1) is 12.2. The van der Waals surface area contributed by atoms with Crippen molar-refractivity contribution in [2.45, 2.75) is 19.1 Å². The maximum atomic E-state index is 9.51. The molecule has 0 aromatic heterocycles. The molecule has 1 aromatic carbocycles. The van der Waals surface area contributed by atoms with Gasteiger partial charge in [0.05, 0.1) is 20.3 Å². The van der Waals surface area contributed by atoms with Gasteiger partial charge in [0.25, 0.3) is 0 Å². The Labute approximate surface area is 102 Å². The monoisotopic (exact) mass is 237 g/mol. The Hall–Kier alpha value is -1.26. The van der Waals surface area contributed by atoms with Gasteiger partial charge in [0.15, 0.2) is 0 Å². The molecule has 1 saturated heterocycles. The minimum Gasteiger partial charge on any atom is -0.497 e. The molecular formula is C13H19NO3. The molecule has 1 aromatic rings. The van der Waals surface area contributed by atoms with Crippen LogP contribution in [0, 0.1) is 0 Å². The van der Waals surface area contributed by atoms with Crippen LogP contribution in [0.2, 0.25) is 0 Å². The molecule has 0 amide bonds. The number of aliphatic hydroxyl groups is 1. The fourth-order valence-electron chi connectivity index (χ4n) is 2.20. The van der Waals surface area contributed by atoms with E-state index in [9.17, 15) is 5.11 Å². The molecule has 4 nitrogen and oxygen atoms in total. The Bertz CT molecular complexity index is 381. The number of benzene rings is 1. The zero-order valence-corrected chi connectivity index (χ0v) is 10.3. The van der Waals surface area contributed by atoms with E-state index in [4.69, 9.17) is 9.47 Å². The van der Waals surface area contributed by atoms with Crippen LogP contribution in [-0.4, -0.2) is 43.4 Å². The van der Waals surface area contributed by atoms with Crippen LogP contribution in [-0.2, 0) is 6.54 Å². The summed E-state index contributed by atoms with van der Waals surface area (Å²) in [7, 11) is 3.33. The molecule has 1 heterocycles. The van der Waals surface area contributed by atoms with Crippen LogP contribution in [0.15, 0.2) is 18.2 Å².